The van der Waals surface area contributed by atoms with Crippen molar-refractivity contribution in [1.82, 2.24) is 19.6 Å². The first-order valence-corrected chi connectivity index (χ1v) is 14.8. The maximum atomic E-state index is 14.2. The molecule has 1 aliphatic heterocycles. The smallest absolute Gasteiger partial charge is 0.279 e. The SMILES string of the molecule is C[C@H](/C=C/CCO)[C@@]1(O)C(=O)N(Cc2cccc(-n3[nH]c4ccccc4c3=O)c2)c2ccc(-n3[nH]c4ccccc4c3=O)cc21. The Bertz CT molecular complexity index is 2240. The van der Waals surface area contributed by atoms with Crippen LogP contribution in [0.4, 0.5) is 5.69 Å². The second-order valence-electron chi connectivity index (χ2n) is 11.4. The molecule has 4 N–H and O–H groups in total. The predicted octanol–water partition coefficient (Wildman–Crippen LogP) is 4.26. The molecule has 3 heterocycles. The number of H-pyrrole nitrogens is 2. The Morgan fingerprint density at radius 3 is 2.04 bits per heavy atom. The quantitative estimate of drug-likeness (QED) is 0.193. The van der Waals surface area contributed by atoms with Gasteiger partial charge in [0.2, 0.25) is 0 Å². The van der Waals surface area contributed by atoms with E-state index in [1.54, 1.807) is 55.5 Å². The number of carbonyl (C=O) groups is 1. The summed E-state index contributed by atoms with van der Waals surface area (Å²) in [7, 11) is 0. The minimum absolute atomic E-state index is 0.0540. The molecular weight excluding hydrogens is 570 g/mol. The number of aromatic amines is 2. The molecule has 1 amide bonds. The fourth-order valence-electron chi connectivity index (χ4n) is 6.20. The Kier molecular flexibility index (Phi) is 6.87. The lowest BCUT2D eigenvalue weighted by molar-refractivity contribution is -0.139. The Morgan fingerprint density at radius 2 is 1.42 bits per heavy atom. The van der Waals surface area contributed by atoms with Crippen molar-refractivity contribution in [2.75, 3.05) is 11.5 Å². The summed E-state index contributed by atoms with van der Waals surface area (Å²) in [4.78, 5) is 42.1. The molecule has 7 rings (SSSR count). The molecule has 2 atom stereocenters. The predicted molar refractivity (Wildman–Crippen MR) is 173 cm³/mol. The number of aliphatic hydroxyl groups excluding tert-OH is 1. The standard InChI is InChI=1S/C35H31N5O5/c1-22(9-6-7-18-41)35(45)28-20-25(40-33(43)27-13-3-5-15-30(27)37-40)16-17-31(28)38(34(35)44)21-23-10-8-11-24(19-23)39-32(42)26-12-2-4-14-29(26)36-39/h2-6,8-17,19-20,22,36-37,41,45H,7,18,21H2,1H3/b9-6+/t22-,35+/m1/s1. The highest BCUT2D eigenvalue weighted by atomic mass is 16.3. The molecule has 0 fully saturated rings. The first-order chi connectivity index (χ1) is 21.8. The average molecular weight is 602 g/mol. The lowest BCUT2D eigenvalue weighted by Gasteiger charge is -2.28. The number of aliphatic hydroxyl groups is 2. The zero-order chi connectivity index (χ0) is 31.3. The first kappa shape index (κ1) is 28.3. The number of para-hydroxylation sites is 2. The molecule has 2 aromatic heterocycles. The lowest BCUT2D eigenvalue weighted by Crippen LogP contribution is -2.44. The normalized spacial score (nSPS) is 17.1. The van der Waals surface area contributed by atoms with Crippen molar-refractivity contribution in [2.24, 2.45) is 5.92 Å². The number of nitrogens with one attached hydrogen (secondary N) is 2. The molecular formula is C35H31N5O5. The summed E-state index contributed by atoms with van der Waals surface area (Å²) in [5, 5.41) is 28.9. The summed E-state index contributed by atoms with van der Waals surface area (Å²) in [6, 6.07) is 27.0. The Labute approximate surface area is 257 Å². The Hall–Kier alpha value is -5.45. The van der Waals surface area contributed by atoms with Crippen molar-refractivity contribution >= 4 is 33.4 Å². The first-order valence-electron chi connectivity index (χ1n) is 14.8. The third-order valence-electron chi connectivity index (χ3n) is 8.59. The largest absolute Gasteiger partial charge is 0.396 e. The van der Waals surface area contributed by atoms with Crippen LogP contribution in [0.5, 0.6) is 0 Å². The monoisotopic (exact) mass is 601 g/mol. The van der Waals surface area contributed by atoms with E-state index in [1.165, 1.54) is 14.3 Å². The summed E-state index contributed by atoms with van der Waals surface area (Å²) in [5.74, 6) is -1.15. The number of hydrogen-bond donors (Lipinski definition) is 4. The van der Waals surface area contributed by atoms with Crippen molar-refractivity contribution in [3.05, 3.63) is 135 Å². The molecule has 0 aliphatic carbocycles. The number of aromatic nitrogens is 4. The summed E-state index contributed by atoms with van der Waals surface area (Å²) in [5.41, 5.74) is 1.78. The van der Waals surface area contributed by atoms with Crippen molar-refractivity contribution < 1.29 is 15.0 Å². The van der Waals surface area contributed by atoms with Gasteiger partial charge in [0.25, 0.3) is 17.0 Å². The van der Waals surface area contributed by atoms with Gasteiger partial charge in [-0.15, -0.1) is 0 Å². The number of anilines is 1. The zero-order valence-corrected chi connectivity index (χ0v) is 24.5. The topological polar surface area (TPSA) is 136 Å². The van der Waals surface area contributed by atoms with Gasteiger partial charge in [-0.2, -0.15) is 0 Å². The molecule has 10 heteroatoms. The van der Waals surface area contributed by atoms with Crippen LogP contribution in [-0.2, 0) is 16.9 Å². The van der Waals surface area contributed by atoms with Gasteiger partial charge < -0.3 is 15.1 Å². The summed E-state index contributed by atoms with van der Waals surface area (Å²) < 4.78 is 2.88. The second kappa shape index (κ2) is 10.9. The third kappa shape index (κ3) is 4.54. The fraction of sp³-hybridized carbons (Fsp3) is 0.171. The van der Waals surface area contributed by atoms with Crippen molar-refractivity contribution in [2.45, 2.75) is 25.5 Å². The van der Waals surface area contributed by atoms with Gasteiger partial charge in [0.15, 0.2) is 5.60 Å². The van der Waals surface area contributed by atoms with Crippen molar-refractivity contribution in [3.63, 3.8) is 0 Å². The van der Waals surface area contributed by atoms with Crippen molar-refractivity contribution in [1.29, 1.82) is 0 Å². The molecule has 0 saturated carbocycles. The molecule has 4 aromatic carbocycles. The minimum Gasteiger partial charge on any atom is -0.396 e. The van der Waals surface area contributed by atoms with Gasteiger partial charge in [-0.05, 0) is 66.6 Å². The van der Waals surface area contributed by atoms with Gasteiger partial charge in [-0.25, -0.2) is 9.36 Å². The van der Waals surface area contributed by atoms with Crippen LogP contribution in [-0.4, -0.2) is 42.3 Å². The second-order valence-corrected chi connectivity index (χ2v) is 11.4. The van der Waals surface area contributed by atoms with E-state index < -0.39 is 17.4 Å². The molecule has 0 radical (unpaired) electrons. The summed E-state index contributed by atoms with van der Waals surface area (Å²) >= 11 is 0. The van der Waals surface area contributed by atoms with E-state index in [0.29, 0.717) is 45.3 Å². The van der Waals surface area contributed by atoms with Gasteiger partial charge >= 0.3 is 0 Å². The van der Waals surface area contributed by atoms with E-state index in [2.05, 4.69) is 10.2 Å². The highest BCUT2D eigenvalue weighted by molar-refractivity contribution is 6.07. The van der Waals surface area contributed by atoms with Crippen LogP contribution >= 0.6 is 0 Å². The number of carbonyl (C=O) groups excluding carboxylic acids is 1. The van der Waals surface area contributed by atoms with Gasteiger partial charge in [-0.1, -0.05) is 55.5 Å². The lowest BCUT2D eigenvalue weighted by atomic mass is 9.82. The number of hydrogen-bond acceptors (Lipinski definition) is 5. The van der Waals surface area contributed by atoms with E-state index in [-0.39, 0.29) is 24.3 Å². The summed E-state index contributed by atoms with van der Waals surface area (Å²) in [6.45, 7) is 1.83. The maximum absolute atomic E-state index is 14.2. The molecule has 1 aliphatic rings. The van der Waals surface area contributed by atoms with Crippen LogP contribution in [0, 0.1) is 5.92 Å². The van der Waals surface area contributed by atoms with Gasteiger partial charge in [0.1, 0.15) is 0 Å². The van der Waals surface area contributed by atoms with Crippen LogP contribution in [0.1, 0.15) is 24.5 Å². The molecule has 0 unspecified atom stereocenters. The number of nitrogens with zero attached hydrogens (tertiary/aromatic N) is 3. The minimum atomic E-state index is -1.93. The summed E-state index contributed by atoms with van der Waals surface area (Å²) in [6.07, 6.45) is 3.85. The van der Waals surface area contributed by atoms with E-state index in [4.69, 9.17) is 0 Å². The number of benzene rings is 4. The molecule has 0 spiro atoms. The molecule has 226 valence electrons. The third-order valence-corrected chi connectivity index (χ3v) is 8.59. The number of rotatable bonds is 8. The van der Waals surface area contributed by atoms with Crippen LogP contribution in [0.25, 0.3) is 33.2 Å². The van der Waals surface area contributed by atoms with E-state index in [9.17, 15) is 24.6 Å². The number of amides is 1. The molecule has 45 heavy (non-hydrogen) atoms. The molecule has 10 nitrogen and oxygen atoms in total. The van der Waals surface area contributed by atoms with Crippen LogP contribution < -0.4 is 16.0 Å². The fourth-order valence-corrected chi connectivity index (χ4v) is 6.20. The Balaban J connectivity index is 1.31. The maximum Gasteiger partial charge on any atom is 0.279 e. The van der Waals surface area contributed by atoms with Gasteiger partial charge in [-0.3, -0.25) is 24.6 Å². The molecule has 6 aromatic rings. The van der Waals surface area contributed by atoms with Crippen LogP contribution in [0.3, 0.4) is 0 Å². The van der Waals surface area contributed by atoms with Crippen LogP contribution in [0.2, 0.25) is 0 Å². The average Bonchev–Trinajstić information content (AvgIpc) is 3.66. The number of fused-ring (bicyclic) bond motifs is 3. The van der Waals surface area contributed by atoms with Crippen molar-refractivity contribution in [3.8, 4) is 11.4 Å². The van der Waals surface area contributed by atoms with Gasteiger partial charge in [0, 0.05) is 18.1 Å². The van der Waals surface area contributed by atoms with E-state index >= 15 is 0 Å². The van der Waals surface area contributed by atoms with Gasteiger partial charge in [0.05, 0.1) is 45.4 Å². The Morgan fingerprint density at radius 1 is 0.800 bits per heavy atom. The molecule has 0 bridgehead atoms. The highest BCUT2D eigenvalue weighted by Crippen LogP contribution is 2.46. The van der Waals surface area contributed by atoms with Crippen LogP contribution in [0.15, 0.2) is 113 Å². The van der Waals surface area contributed by atoms with E-state index in [0.717, 1.165) is 11.1 Å². The zero-order valence-electron chi connectivity index (χ0n) is 24.5. The molecule has 0 saturated heterocycles. The van der Waals surface area contributed by atoms with E-state index in [1.807, 2.05) is 54.6 Å². The highest BCUT2D eigenvalue weighted by Gasteiger charge is 2.52.